The molecule has 19 heavy (non-hydrogen) atoms. The van der Waals surface area contributed by atoms with Crippen LogP contribution in [-0.2, 0) is 14.2 Å². The average Bonchev–Trinajstić information content (AvgIpc) is 2.95. The van der Waals surface area contributed by atoms with Crippen molar-refractivity contribution in [2.45, 2.75) is 25.2 Å². The fourth-order valence-corrected chi connectivity index (χ4v) is 2.56. The Morgan fingerprint density at radius 1 is 1.21 bits per heavy atom. The number of phenolic OH excluding ortho intramolecular Hbond substituents is 1. The van der Waals surface area contributed by atoms with Gasteiger partial charge in [0.2, 0.25) is 0 Å². The van der Waals surface area contributed by atoms with E-state index in [9.17, 15) is 9.90 Å². The molecular formula is C14H16O5. The predicted molar refractivity (Wildman–Crippen MR) is 66.0 cm³/mol. The van der Waals surface area contributed by atoms with Crippen molar-refractivity contribution in [2.75, 3.05) is 13.2 Å². The third-order valence-electron chi connectivity index (χ3n) is 3.62. The highest BCUT2D eigenvalue weighted by molar-refractivity contribution is 5.89. The number of phenols is 1. The summed E-state index contributed by atoms with van der Waals surface area (Å²) in [5.74, 6) is 0.0357. The van der Waals surface area contributed by atoms with Gasteiger partial charge in [-0.15, -0.1) is 0 Å². The first-order chi connectivity index (χ1) is 9.15. The van der Waals surface area contributed by atoms with Gasteiger partial charge < -0.3 is 19.3 Å². The van der Waals surface area contributed by atoms with E-state index in [-0.39, 0.29) is 24.1 Å². The summed E-state index contributed by atoms with van der Waals surface area (Å²) in [6.07, 6.45) is -0.482. The van der Waals surface area contributed by atoms with Crippen molar-refractivity contribution < 1.29 is 24.1 Å². The maximum Gasteiger partial charge on any atom is 0.338 e. The number of carbonyl (C=O) groups is 1. The second kappa shape index (κ2) is 4.83. The van der Waals surface area contributed by atoms with Crippen LogP contribution in [0.5, 0.6) is 5.75 Å². The Bertz CT molecular complexity index is 469. The molecule has 3 rings (SSSR count). The van der Waals surface area contributed by atoms with E-state index in [1.54, 1.807) is 0 Å². The highest BCUT2D eigenvalue weighted by atomic mass is 16.6. The van der Waals surface area contributed by atoms with Gasteiger partial charge in [0.25, 0.3) is 0 Å². The second-order valence-corrected chi connectivity index (χ2v) is 5.06. The summed E-state index contributed by atoms with van der Waals surface area (Å²) in [5.41, 5.74) is 0.410. The van der Waals surface area contributed by atoms with Crippen LogP contribution in [0.3, 0.4) is 0 Å². The summed E-state index contributed by atoms with van der Waals surface area (Å²) in [7, 11) is 0. The van der Waals surface area contributed by atoms with Gasteiger partial charge in [-0.3, -0.25) is 0 Å². The molecule has 102 valence electrons. The van der Waals surface area contributed by atoms with Gasteiger partial charge in [-0.25, -0.2) is 4.79 Å². The van der Waals surface area contributed by atoms with E-state index in [1.807, 2.05) is 0 Å². The lowest BCUT2D eigenvalue weighted by molar-refractivity contribution is -0.0158. The number of fused-ring (bicyclic) bond motifs is 1. The van der Waals surface area contributed by atoms with Crippen LogP contribution in [0.15, 0.2) is 24.3 Å². The zero-order chi connectivity index (χ0) is 13.4. The smallest absolute Gasteiger partial charge is 0.338 e. The second-order valence-electron chi connectivity index (χ2n) is 5.06. The number of carbonyl (C=O) groups excluding carboxylic acids is 1. The average molecular weight is 264 g/mol. The quantitative estimate of drug-likeness (QED) is 0.817. The monoisotopic (exact) mass is 264 g/mol. The Balaban J connectivity index is 1.66. The van der Waals surface area contributed by atoms with Gasteiger partial charge in [-0.1, -0.05) is 6.92 Å². The Kier molecular flexibility index (Phi) is 3.16. The summed E-state index contributed by atoms with van der Waals surface area (Å²) in [6, 6.07) is 5.98. The minimum atomic E-state index is -0.419. The molecule has 2 aliphatic heterocycles. The van der Waals surface area contributed by atoms with E-state index < -0.39 is 5.97 Å². The molecule has 0 amide bonds. The van der Waals surface area contributed by atoms with E-state index in [4.69, 9.17) is 14.2 Å². The van der Waals surface area contributed by atoms with Crippen LogP contribution in [0.2, 0.25) is 0 Å². The van der Waals surface area contributed by atoms with Gasteiger partial charge in [-0.2, -0.15) is 0 Å². The van der Waals surface area contributed by atoms with Crippen LogP contribution >= 0.6 is 0 Å². The number of benzene rings is 1. The van der Waals surface area contributed by atoms with Crippen molar-refractivity contribution in [1.82, 2.24) is 0 Å². The molecule has 0 bridgehead atoms. The number of hydrogen-bond donors (Lipinski definition) is 1. The third-order valence-corrected chi connectivity index (χ3v) is 3.62. The fraction of sp³-hybridized carbons (Fsp3) is 0.500. The number of aromatic hydroxyl groups is 1. The molecule has 0 radical (unpaired) electrons. The molecule has 0 unspecified atom stereocenters. The van der Waals surface area contributed by atoms with E-state index in [0.717, 1.165) is 0 Å². The molecule has 2 aliphatic rings. The van der Waals surface area contributed by atoms with Crippen LogP contribution in [-0.4, -0.2) is 42.6 Å². The zero-order valence-corrected chi connectivity index (χ0v) is 10.6. The largest absolute Gasteiger partial charge is 0.508 e. The van der Waals surface area contributed by atoms with Gasteiger partial charge >= 0.3 is 5.97 Å². The molecule has 5 nitrogen and oxygen atoms in total. The Morgan fingerprint density at radius 2 is 1.89 bits per heavy atom. The lowest BCUT2D eigenvalue weighted by atomic mass is 10.0. The van der Waals surface area contributed by atoms with Crippen molar-refractivity contribution in [3.63, 3.8) is 0 Å². The predicted octanol–water partition coefficient (Wildman–Crippen LogP) is 1.35. The molecule has 2 fully saturated rings. The molecule has 2 heterocycles. The van der Waals surface area contributed by atoms with Crippen LogP contribution in [0, 0.1) is 5.92 Å². The van der Waals surface area contributed by atoms with Gasteiger partial charge in [0.05, 0.1) is 24.9 Å². The summed E-state index contributed by atoms with van der Waals surface area (Å²) in [5, 5.41) is 9.18. The lowest BCUT2D eigenvalue weighted by Crippen LogP contribution is -2.32. The zero-order valence-electron chi connectivity index (χ0n) is 10.6. The summed E-state index contributed by atoms with van der Waals surface area (Å²) in [4.78, 5) is 12.0. The van der Waals surface area contributed by atoms with Gasteiger partial charge in [0.1, 0.15) is 11.9 Å². The molecule has 5 heteroatoms. The molecule has 0 saturated carbocycles. The summed E-state index contributed by atoms with van der Waals surface area (Å²) >= 11 is 0. The van der Waals surface area contributed by atoms with Gasteiger partial charge in [0, 0.05) is 5.92 Å². The Labute approximate surface area is 111 Å². The van der Waals surface area contributed by atoms with Crippen molar-refractivity contribution in [3.05, 3.63) is 29.8 Å². The Hall–Kier alpha value is -1.59. The maximum absolute atomic E-state index is 12.0. The van der Waals surface area contributed by atoms with Crippen LogP contribution < -0.4 is 0 Å². The van der Waals surface area contributed by atoms with Crippen molar-refractivity contribution in [3.8, 4) is 5.75 Å². The molecular weight excluding hydrogens is 248 g/mol. The van der Waals surface area contributed by atoms with Gasteiger partial charge in [0.15, 0.2) is 6.10 Å². The first-order valence-electron chi connectivity index (χ1n) is 6.38. The van der Waals surface area contributed by atoms with E-state index in [2.05, 4.69) is 6.92 Å². The number of ether oxygens (including phenoxy) is 3. The topological polar surface area (TPSA) is 65.0 Å². The highest BCUT2D eigenvalue weighted by Crippen LogP contribution is 2.32. The molecule has 0 aromatic heterocycles. The molecule has 1 N–H and O–H groups in total. The lowest BCUT2D eigenvalue weighted by Gasteiger charge is -2.16. The summed E-state index contributed by atoms with van der Waals surface area (Å²) < 4.78 is 16.7. The normalized spacial score (nSPS) is 33.1. The third kappa shape index (κ3) is 2.31. The minimum absolute atomic E-state index is 0.0256. The number of esters is 1. The fourth-order valence-electron chi connectivity index (χ4n) is 2.56. The minimum Gasteiger partial charge on any atom is -0.508 e. The standard InChI is InChI=1S/C14H16O5/c1-8-6-17-13-11(7-18-12(8)13)19-14(16)9-2-4-10(15)5-3-9/h2-5,8,11-13,15H,6-7H2,1H3/t8-,11-,12-,13-/m1/s1. The van der Waals surface area contributed by atoms with Crippen molar-refractivity contribution in [1.29, 1.82) is 0 Å². The van der Waals surface area contributed by atoms with Crippen molar-refractivity contribution >= 4 is 5.97 Å². The van der Waals surface area contributed by atoms with Crippen LogP contribution in [0.1, 0.15) is 17.3 Å². The van der Waals surface area contributed by atoms with E-state index in [1.165, 1.54) is 24.3 Å². The number of hydrogen-bond acceptors (Lipinski definition) is 5. The van der Waals surface area contributed by atoms with Crippen LogP contribution in [0.25, 0.3) is 0 Å². The van der Waals surface area contributed by atoms with Crippen LogP contribution in [0.4, 0.5) is 0 Å². The summed E-state index contributed by atoms with van der Waals surface area (Å²) in [6.45, 7) is 3.08. The van der Waals surface area contributed by atoms with Crippen molar-refractivity contribution in [2.24, 2.45) is 5.92 Å². The SMILES string of the molecule is C[C@@H]1CO[C@H]2[C@@H]1OC[C@H]2OC(=O)c1ccc(O)cc1. The molecule has 0 spiro atoms. The highest BCUT2D eigenvalue weighted by Gasteiger charge is 2.47. The molecule has 2 saturated heterocycles. The molecule has 1 aromatic carbocycles. The van der Waals surface area contributed by atoms with E-state index >= 15 is 0 Å². The maximum atomic E-state index is 12.0. The van der Waals surface area contributed by atoms with Gasteiger partial charge in [-0.05, 0) is 24.3 Å². The Morgan fingerprint density at radius 3 is 2.63 bits per heavy atom. The molecule has 4 atom stereocenters. The van der Waals surface area contributed by atoms with E-state index in [0.29, 0.717) is 24.7 Å². The first kappa shape index (κ1) is 12.4. The molecule has 1 aromatic rings. The first-order valence-corrected chi connectivity index (χ1v) is 6.38. The molecule has 0 aliphatic carbocycles. The number of rotatable bonds is 2.